The molecule has 0 saturated heterocycles. The molecule has 3 rings (SSSR count). The highest BCUT2D eigenvalue weighted by Crippen LogP contribution is 2.39. The average molecular weight is 445 g/mol. The summed E-state index contributed by atoms with van der Waals surface area (Å²) in [5, 5.41) is 2.95. The van der Waals surface area contributed by atoms with Gasteiger partial charge in [-0.3, -0.25) is 14.4 Å². The Bertz CT molecular complexity index is 998. The second-order valence-electron chi connectivity index (χ2n) is 7.26. The molecule has 3 N–H and O–H groups in total. The summed E-state index contributed by atoms with van der Waals surface area (Å²) in [6.45, 7) is 5.38. The van der Waals surface area contributed by atoms with E-state index in [0.717, 1.165) is 0 Å². The fraction of sp³-hybridized carbons (Fsp3) is 0.286. The summed E-state index contributed by atoms with van der Waals surface area (Å²) >= 11 is 3.34. The van der Waals surface area contributed by atoms with Gasteiger partial charge in [-0.15, -0.1) is 0 Å². The second kappa shape index (κ2) is 7.39. The van der Waals surface area contributed by atoms with Crippen LogP contribution in [0.25, 0.3) is 0 Å². The van der Waals surface area contributed by atoms with Crippen LogP contribution in [-0.2, 0) is 9.53 Å². The number of nitrogen functional groups attached to an aromatic ring is 1. The number of ether oxygens (including phenoxy) is 1. The van der Waals surface area contributed by atoms with Crippen LogP contribution in [0.2, 0.25) is 0 Å². The van der Waals surface area contributed by atoms with E-state index in [9.17, 15) is 14.4 Å². The Kier molecular flexibility index (Phi) is 5.30. The molecule has 0 atom stereocenters. The highest BCUT2D eigenvalue weighted by atomic mass is 79.9. The van der Waals surface area contributed by atoms with E-state index in [0.29, 0.717) is 27.7 Å². The van der Waals surface area contributed by atoms with E-state index < -0.39 is 5.41 Å². The molecule has 0 bridgehead atoms. The Balaban J connectivity index is 1.97. The number of rotatable bonds is 5. The summed E-state index contributed by atoms with van der Waals surface area (Å²) in [6, 6.07) is 8.26. The van der Waals surface area contributed by atoms with E-state index in [1.165, 1.54) is 0 Å². The van der Waals surface area contributed by atoms with Crippen molar-refractivity contribution in [2.75, 3.05) is 17.8 Å². The van der Waals surface area contributed by atoms with E-state index in [1.54, 1.807) is 44.2 Å². The lowest BCUT2D eigenvalue weighted by Crippen LogP contribution is -2.28. The zero-order chi connectivity index (χ0) is 20.6. The van der Waals surface area contributed by atoms with Crippen LogP contribution in [0, 0.1) is 5.41 Å². The number of hydrogen-bond donors (Lipinski definition) is 2. The minimum absolute atomic E-state index is 0.131. The Hall–Kier alpha value is -2.67. The largest absolute Gasteiger partial charge is 0.444 e. The molecule has 0 aliphatic heterocycles. The van der Waals surface area contributed by atoms with Crippen molar-refractivity contribution >= 4 is 44.8 Å². The van der Waals surface area contributed by atoms with Gasteiger partial charge in [0.2, 0.25) is 0 Å². The molecule has 2 aromatic carbocycles. The Morgan fingerprint density at radius 3 is 2.29 bits per heavy atom. The van der Waals surface area contributed by atoms with Gasteiger partial charge in [0.05, 0.1) is 22.2 Å². The smallest absolute Gasteiger partial charge is 0.313 e. The highest BCUT2D eigenvalue weighted by molar-refractivity contribution is 9.10. The standard InChI is InChI=1S/C21H21BrN2O4/c1-4-21(2,3)20(27)28-10-24-14-9-13(22)17(23)16-15(14)18(25)11-7-5-6-8-12(11)19(16)26/h5-9,24H,4,10,23H2,1-3H3. The molecule has 146 valence electrons. The van der Waals surface area contributed by atoms with Crippen LogP contribution >= 0.6 is 15.9 Å². The maximum Gasteiger partial charge on any atom is 0.313 e. The van der Waals surface area contributed by atoms with Gasteiger partial charge in [0.25, 0.3) is 0 Å². The number of esters is 1. The summed E-state index contributed by atoms with van der Waals surface area (Å²) in [7, 11) is 0. The fourth-order valence-electron chi connectivity index (χ4n) is 2.94. The molecule has 6 nitrogen and oxygen atoms in total. The first-order valence-electron chi connectivity index (χ1n) is 8.90. The van der Waals surface area contributed by atoms with Crippen molar-refractivity contribution in [3.8, 4) is 0 Å². The number of ketones is 2. The summed E-state index contributed by atoms with van der Waals surface area (Å²) in [4.78, 5) is 38.2. The van der Waals surface area contributed by atoms with E-state index in [2.05, 4.69) is 21.2 Å². The minimum Gasteiger partial charge on any atom is -0.444 e. The van der Waals surface area contributed by atoms with Gasteiger partial charge in [-0.2, -0.15) is 0 Å². The van der Waals surface area contributed by atoms with Crippen LogP contribution in [-0.4, -0.2) is 24.3 Å². The zero-order valence-electron chi connectivity index (χ0n) is 15.9. The third-order valence-corrected chi connectivity index (χ3v) is 5.75. The number of benzene rings is 2. The van der Waals surface area contributed by atoms with Crippen LogP contribution in [0.4, 0.5) is 11.4 Å². The van der Waals surface area contributed by atoms with Gasteiger partial charge < -0.3 is 15.8 Å². The maximum atomic E-state index is 13.1. The third kappa shape index (κ3) is 3.30. The first kappa shape index (κ1) is 20.1. The zero-order valence-corrected chi connectivity index (χ0v) is 17.5. The fourth-order valence-corrected chi connectivity index (χ4v) is 3.37. The van der Waals surface area contributed by atoms with E-state index in [-0.39, 0.29) is 41.1 Å². The lowest BCUT2D eigenvalue weighted by atomic mass is 9.82. The number of nitrogens with one attached hydrogen (secondary N) is 1. The topological polar surface area (TPSA) is 98.5 Å². The molecule has 0 fully saturated rings. The van der Waals surface area contributed by atoms with Gasteiger partial charge in [0, 0.05) is 21.3 Å². The Morgan fingerprint density at radius 2 is 1.71 bits per heavy atom. The summed E-state index contributed by atoms with van der Waals surface area (Å²) in [6.07, 6.45) is 0.637. The van der Waals surface area contributed by atoms with Gasteiger partial charge in [-0.05, 0) is 42.3 Å². The van der Waals surface area contributed by atoms with Crippen LogP contribution < -0.4 is 11.1 Å². The van der Waals surface area contributed by atoms with Crippen LogP contribution in [0.1, 0.15) is 59.0 Å². The first-order valence-corrected chi connectivity index (χ1v) is 9.69. The number of nitrogens with two attached hydrogens (primary N) is 1. The predicted octanol–water partition coefficient (Wildman–Crippen LogP) is 4.16. The number of carbonyl (C=O) groups excluding carboxylic acids is 3. The van der Waals surface area contributed by atoms with Crippen molar-refractivity contribution in [1.82, 2.24) is 0 Å². The third-order valence-electron chi connectivity index (χ3n) is 5.09. The molecule has 1 aliphatic rings. The van der Waals surface area contributed by atoms with Crippen LogP contribution in [0.5, 0.6) is 0 Å². The summed E-state index contributed by atoms with van der Waals surface area (Å²) < 4.78 is 5.78. The van der Waals surface area contributed by atoms with Crippen molar-refractivity contribution in [2.24, 2.45) is 5.41 Å². The van der Waals surface area contributed by atoms with E-state index in [1.807, 2.05) is 6.92 Å². The molecule has 0 unspecified atom stereocenters. The molecule has 1 aliphatic carbocycles. The molecule has 28 heavy (non-hydrogen) atoms. The van der Waals surface area contributed by atoms with Gasteiger partial charge in [-0.25, -0.2) is 0 Å². The van der Waals surface area contributed by atoms with E-state index in [4.69, 9.17) is 10.5 Å². The first-order chi connectivity index (χ1) is 13.2. The molecular weight excluding hydrogens is 424 g/mol. The van der Waals surface area contributed by atoms with Crippen molar-refractivity contribution < 1.29 is 19.1 Å². The van der Waals surface area contributed by atoms with Gasteiger partial charge >= 0.3 is 5.97 Å². The highest BCUT2D eigenvalue weighted by Gasteiger charge is 2.34. The minimum atomic E-state index is -0.604. The van der Waals surface area contributed by atoms with E-state index >= 15 is 0 Å². The molecule has 0 spiro atoms. The molecule has 0 aromatic heterocycles. The molecule has 0 saturated carbocycles. The molecule has 2 aromatic rings. The SMILES string of the molecule is CCC(C)(C)C(=O)OCNc1cc(Br)c(N)c2c1C(=O)c1ccccc1C2=O. The monoisotopic (exact) mass is 444 g/mol. The van der Waals surface area contributed by atoms with Crippen molar-refractivity contribution in [3.05, 3.63) is 57.1 Å². The van der Waals surface area contributed by atoms with Crippen molar-refractivity contribution in [1.29, 1.82) is 0 Å². The number of halogens is 1. The summed E-state index contributed by atoms with van der Waals surface area (Å²) in [5.41, 5.74) is 7.08. The molecule has 0 radical (unpaired) electrons. The van der Waals surface area contributed by atoms with Gasteiger partial charge in [0.15, 0.2) is 18.3 Å². The molecule has 0 amide bonds. The predicted molar refractivity (Wildman–Crippen MR) is 111 cm³/mol. The lowest BCUT2D eigenvalue weighted by Gasteiger charge is -2.24. The quantitative estimate of drug-likeness (QED) is 0.348. The van der Waals surface area contributed by atoms with Gasteiger partial charge in [-0.1, -0.05) is 31.2 Å². The molecule has 7 heteroatoms. The average Bonchev–Trinajstić information content (AvgIpc) is 2.68. The molecular formula is C21H21BrN2O4. The van der Waals surface area contributed by atoms with Crippen molar-refractivity contribution in [2.45, 2.75) is 27.2 Å². The van der Waals surface area contributed by atoms with Crippen molar-refractivity contribution in [3.63, 3.8) is 0 Å². The number of hydrogen-bond acceptors (Lipinski definition) is 6. The van der Waals surface area contributed by atoms with Crippen LogP contribution in [0.3, 0.4) is 0 Å². The van der Waals surface area contributed by atoms with Gasteiger partial charge in [0.1, 0.15) is 0 Å². The molecule has 0 heterocycles. The maximum absolute atomic E-state index is 13.1. The number of fused-ring (bicyclic) bond motifs is 2. The second-order valence-corrected chi connectivity index (χ2v) is 8.12. The normalized spacial score (nSPS) is 13.0. The number of anilines is 2. The summed E-state index contributed by atoms with van der Waals surface area (Å²) in [5.74, 6) is -0.957. The lowest BCUT2D eigenvalue weighted by molar-refractivity contribution is -0.153. The number of carbonyl (C=O) groups is 3. The van der Waals surface area contributed by atoms with Crippen LogP contribution in [0.15, 0.2) is 34.8 Å². The Labute approximate surface area is 171 Å². The Morgan fingerprint density at radius 1 is 1.14 bits per heavy atom.